The van der Waals surface area contributed by atoms with Crippen molar-refractivity contribution in [1.29, 1.82) is 0 Å². The Kier molecular flexibility index (Phi) is 6.26. The number of hydrogen-bond donors (Lipinski definition) is 1. The van der Waals surface area contributed by atoms with Crippen LogP contribution >= 0.6 is 0 Å². The van der Waals surface area contributed by atoms with E-state index >= 15 is 0 Å². The van der Waals surface area contributed by atoms with Gasteiger partial charge in [-0.2, -0.15) is 4.31 Å². The highest BCUT2D eigenvalue weighted by atomic mass is 32.2. The normalized spacial score (nSPS) is 15.1. The lowest BCUT2D eigenvalue weighted by molar-refractivity contribution is -0.132. The first kappa shape index (κ1) is 19.5. The molecule has 1 aliphatic rings. The zero-order chi connectivity index (χ0) is 19.3. The monoisotopic (exact) mass is 387 g/mol. The fourth-order valence-electron chi connectivity index (χ4n) is 3.16. The number of aryl methyl sites for hydroxylation is 1. The van der Waals surface area contributed by atoms with E-state index < -0.39 is 10.0 Å². The number of hydrogen-bond acceptors (Lipinski definition) is 4. The number of carbonyl (C=O) groups excluding carboxylic acids is 1. The fraction of sp³-hybridized carbons (Fsp3) is 0.350. The van der Waals surface area contributed by atoms with Crippen LogP contribution in [0.1, 0.15) is 11.1 Å². The molecule has 2 aromatic rings. The van der Waals surface area contributed by atoms with E-state index in [1.165, 1.54) is 4.31 Å². The molecule has 27 heavy (non-hydrogen) atoms. The number of piperazine rings is 1. The van der Waals surface area contributed by atoms with Crippen molar-refractivity contribution in [3.8, 4) is 0 Å². The van der Waals surface area contributed by atoms with E-state index in [1.54, 1.807) is 30.0 Å². The molecule has 0 saturated carbocycles. The van der Waals surface area contributed by atoms with Crippen molar-refractivity contribution in [2.24, 2.45) is 0 Å². The number of benzene rings is 2. The first-order valence-electron chi connectivity index (χ1n) is 9.06. The highest BCUT2D eigenvalue weighted by molar-refractivity contribution is 7.89. The maximum atomic E-state index is 13.3. The van der Waals surface area contributed by atoms with Crippen molar-refractivity contribution in [2.45, 2.75) is 18.4 Å². The third kappa shape index (κ3) is 4.74. The molecule has 7 heteroatoms. The van der Waals surface area contributed by atoms with E-state index in [0.717, 1.165) is 18.7 Å². The average molecular weight is 388 g/mol. The van der Waals surface area contributed by atoms with Gasteiger partial charge in [0.05, 0.1) is 11.4 Å². The van der Waals surface area contributed by atoms with Gasteiger partial charge in [-0.05, 0) is 24.1 Å². The summed E-state index contributed by atoms with van der Waals surface area (Å²) < 4.78 is 27.9. The van der Waals surface area contributed by atoms with Crippen LogP contribution in [-0.2, 0) is 21.4 Å². The molecule has 1 amide bonds. The van der Waals surface area contributed by atoms with Gasteiger partial charge in [-0.3, -0.25) is 4.79 Å². The van der Waals surface area contributed by atoms with Crippen molar-refractivity contribution in [3.05, 3.63) is 65.7 Å². The molecule has 0 atom stereocenters. The summed E-state index contributed by atoms with van der Waals surface area (Å²) in [5, 5.41) is 3.20. The predicted octanol–water partition coefficient (Wildman–Crippen LogP) is 1.62. The van der Waals surface area contributed by atoms with Crippen LogP contribution in [0.5, 0.6) is 0 Å². The average Bonchev–Trinajstić information content (AvgIpc) is 2.69. The number of nitrogens with one attached hydrogen (secondary N) is 1. The van der Waals surface area contributed by atoms with E-state index in [9.17, 15) is 13.2 Å². The Hall–Kier alpha value is -2.22. The molecule has 0 spiro atoms. The molecule has 0 unspecified atom stereocenters. The zero-order valence-corrected chi connectivity index (χ0v) is 16.3. The summed E-state index contributed by atoms with van der Waals surface area (Å²) in [4.78, 5) is 14.7. The van der Waals surface area contributed by atoms with Crippen molar-refractivity contribution >= 4 is 15.9 Å². The first-order valence-corrected chi connectivity index (χ1v) is 10.5. The summed E-state index contributed by atoms with van der Waals surface area (Å²) in [5.74, 6) is -0.162. The van der Waals surface area contributed by atoms with Crippen LogP contribution in [-0.4, -0.2) is 56.3 Å². The third-order valence-corrected chi connectivity index (χ3v) is 6.65. The minimum absolute atomic E-state index is 0.161. The number of rotatable bonds is 6. The van der Waals surface area contributed by atoms with Crippen LogP contribution in [0.25, 0.3) is 0 Å². The predicted molar refractivity (Wildman–Crippen MR) is 105 cm³/mol. The molecule has 144 valence electrons. The lowest BCUT2D eigenvalue weighted by atomic mass is 10.2. The summed E-state index contributed by atoms with van der Waals surface area (Å²) in [5.41, 5.74) is 1.52. The molecule has 2 aromatic carbocycles. The van der Waals surface area contributed by atoms with Crippen LogP contribution in [0.3, 0.4) is 0 Å². The van der Waals surface area contributed by atoms with Crippen molar-refractivity contribution < 1.29 is 13.2 Å². The summed E-state index contributed by atoms with van der Waals surface area (Å²) >= 11 is 0. The van der Waals surface area contributed by atoms with Gasteiger partial charge < -0.3 is 10.2 Å². The number of sulfonamides is 1. The minimum Gasteiger partial charge on any atom is -0.339 e. The highest BCUT2D eigenvalue weighted by Gasteiger charge is 2.30. The van der Waals surface area contributed by atoms with Crippen LogP contribution in [0.4, 0.5) is 0 Å². The molecule has 1 heterocycles. The highest BCUT2D eigenvalue weighted by Crippen LogP contribution is 2.21. The first-order chi connectivity index (χ1) is 13.0. The molecule has 0 bridgehead atoms. The molecule has 0 radical (unpaired) electrons. The van der Waals surface area contributed by atoms with Gasteiger partial charge in [0.25, 0.3) is 0 Å². The maximum Gasteiger partial charge on any atom is 0.244 e. The second-order valence-corrected chi connectivity index (χ2v) is 8.56. The second kappa shape index (κ2) is 8.65. The largest absolute Gasteiger partial charge is 0.339 e. The second-order valence-electron chi connectivity index (χ2n) is 6.65. The SMILES string of the molecule is Cc1ccccc1S(=O)(=O)N(CC(=O)N1CCNCC1)Cc1ccccc1. The summed E-state index contributed by atoms with van der Waals surface area (Å²) in [6, 6.07) is 16.2. The molecule has 1 N–H and O–H groups in total. The van der Waals surface area contributed by atoms with Crippen molar-refractivity contribution in [2.75, 3.05) is 32.7 Å². The van der Waals surface area contributed by atoms with E-state index in [2.05, 4.69) is 5.32 Å². The Bertz CT molecular complexity index is 878. The van der Waals surface area contributed by atoms with Gasteiger partial charge in [-0.1, -0.05) is 48.5 Å². The lowest BCUT2D eigenvalue weighted by Crippen LogP contribution is -2.50. The Morgan fingerprint density at radius 3 is 2.33 bits per heavy atom. The van der Waals surface area contributed by atoms with Crippen LogP contribution in [0.2, 0.25) is 0 Å². The van der Waals surface area contributed by atoms with Gasteiger partial charge in [0.1, 0.15) is 0 Å². The Labute approximate surface area is 160 Å². The Balaban J connectivity index is 1.89. The van der Waals surface area contributed by atoms with Gasteiger partial charge >= 0.3 is 0 Å². The summed E-state index contributed by atoms with van der Waals surface area (Å²) in [7, 11) is -3.79. The van der Waals surface area contributed by atoms with Crippen molar-refractivity contribution in [3.63, 3.8) is 0 Å². The third-order valence-electron chi connectivity index (χ3n) is 4.69. The quantitative estimate of drug-likeness (QED) is 0.818. The number of amides is 1. The lowest BCUT2D eigenvalue weighted by Gasteiger charge is -2.30. The molecule has 3 rings (SSSR count). The molecule has 0 aliphatic carbocycles. The van der Waals surface area contributed by atoms with Gasteiger partial charge in [0.2, 0.25) is 15.9 Å². The molecule has 0 aromatic heterocycles. The number of carbonyl (C=O) groups is 1. The van der Waals surface area contributed by atoms with E-state index in [1.807, 2.05) is 36.4 Å². The fourth-order valence-corrected chi connectivity index (χ4v) is 4.77. The zero-order valence-electron chi connectivity index (χ0n) is 15.5. The Morgan fingerprint density at radius 2 is 1.67 bits per heavy atom. The minimum atomic E-state index is -3.79. The summed E-state index contributed by atoms with van der Waals surface area (Å²) in [6.07, 6.45) is 0. The van der Waals surface area contributed by atoms with E-state index in [0.29, 0.717) is 18.7 Å². The standard InChI is InChI=1S/C20H25N3O3S/c1-17-7-5-6-10-19(17)27(25,26)23(15-18-8-3-2-4-9-18)16-20(24)22-13-11-21-12-14-22/h2-10,21H,11-16H2,1H3. The van der Waals surface area contributed by atoms with Gasteiger partial charge in [-0.15, -0.1) is 0 Å². The molecule has 1 saturated heterocycles. The molecule has 1 aliphatic heterocycles. The molecule has 6 nitrogen and oxygen atoms in total. The van der Waals surface area contributed by atoms with Gasteiger partial charge in [0.15, 0.2) is 0 Å². The van der Waals surface area contributed by atoms with Crippen molar-refractivity contribution in [1.82, 2.24) is 14.5 Å². The van der Waals surface area contributed by atoms with Crippen LogP contribution in [0.15, 0.2) is 59.5 Å². The van der Waals surface area contributed by atoms with Crippen LogP contribution in [0, 0.1) is 6.92 Å². The van der Waals surface area contributed by atoms with Crippen LogP contribution < -0.4 is 5.32 Å². The molecule has 1 fully saturated rings. The van der Waals surface area contributed by atoms with Gasteiger partial charge in [-0.25, -0.2) is 8.42 Å². The molecular formula is C20H25N3O3S. The molecular weight excluding hydrogens is 362 g/mol. The van der Waals surface area contributed by atoms with Gasteiger partial charge in [0, 0.05) is 32.7 Å². The maximum absolute atomic E-state index is 13.3. The summed E-state index contributed by atoms with van der Waals surface area (Å²) in [6.45, 7) is 4.43. The topological polar surface area (TPSA) is 69.7 Å². The Morgan fingerprint density at radius 1 is 1.04 bits per heavy atom. The number of nitrogens with zero attached hydrogens (tertiary/aromatic N) is 2. The smallest absolute Gasteiger partial charge is 0.244 e. The van der Waals surface area contributed by atoms with E-state index in [4.69, 9.17) is 0 Å². The van der Waals surface area contributed by atoms with E-state index in [-0.39, 0.29) is 23.9 Å².